The molecule has 0 fully saturated rings. The summed E-state index contributed by atoms with van der Waals surface area (Å²) in [7, 11) is 1.85. The minimum Gasteiger partial charge on any atom is -0.488 e. The zero-order chi connectivity index (χ0) is 19.8. The molecule has 3 aromatic rings. The van der Waals surface area contributed by atoms with E-state index in [1.165, 1.54) is 5.56 Å². The standard InChI is InChI=1S/C19H21BrClN5OS/c1-26-19(23-24-25-26)28-10-2-9-22-12-15-5-8-18(17(20)11-15)27-13-14-3-6-16(21)7-4-14/h3-8,11,22H,2,9-10,12-13H2,1H3. The molecule has 0 aliphatic heterocycles. The maximum atomic E-state index is 5.91. The average molecular weight is 483 g/mol. The van der Waals surface area contributed by atoms with Gasteiger partial charge in [-0.2, -0.15) is 0 Å². The van der Waals surface area contributed by atoms with Crippen LogP contribution in [-0.4, -0.2) is 32.5 Å². The summed E-state index contributed by atoms with van der Waals surface area (Å²) in [5.74, 6) is 1.80. The summed E-state index contributed by atoms with van der Waals surface area (Å²) in [6, 6.07) is 13.8. The SMILES string of the molecule is Cn1nnnc1SCCCNCc1ccc(OCc2ccc(Cl)cc2)c(Br)c1. The van der Waals surface area contributed by atoms with Crippen molar-refractivity contribution in [2.45, 2.75) is 24.7 Å². The summed E-state index contributed by atoms with van der Waals surface area (Å²) in [5.41, 5.74) is 2.29. The number of thioether (sulfide) groups is 1. The van der Waals surface area contributed by atoms with Crippen molar-refractivity contribution in [3.05, 3.63) is 63.1 Å². The second kappa shape index (κ2) is 10.8. The summed E-state index contributed by atoms with van der Waals surface area (Å²) < 4.78 is 8.53. The Morgan fingerprint density at radius 3 is 2.68 bits per heavy atom. The van der Waals surface area contributed by atoms with Crippen LogP contribution in [0.1, 0.15) is 17.5 Å². The second-order valence-electron chi connectivity index (χ2n) is 6.14. The highest BCUT2D eigenvalue weighted by Gasteiger charge is 2.05. The molecule has 3 rings (SSSR count). The highest BCUT2D eigenvalue weighted by Crippen LogP contribution is 2.27. The summed E-state index contributed by atoms with van der Waals surface area (Å²) in [5, 5.41) is 16.4. The van der Waals surface area contributed by atoms with Gasteiger partial charge in [0.15, 0.2) is 0 Å². The average Bonchev–Trinajstić information content (AvgIpc) is 3.10. The van der Waals surface area contributed by atoms with E-state index in [2.05, 4.69) is 48.9 Å². The number of aromatic nitrogens is 4. The Labute approximate surface area is 182 Å². The molecule has 0 spiro atoms. The van der Waals surface area contributed by atoms with Crippen molar-refractivity contribution >= 4 is 39.3 Å². The van der Waals surface area contributed by atoms with E-state index in [9.17, 15) is 0 Å². The molecule has 148 valence electrons. The molecule has 0 saturated carbocycles. The number of ether oxygens (including phenoxy) is 1. The number of halogens is 2. The molecular weight excluding hydrogens is 462 g/mol. The maximum Gasteiger partial charge on any atom is 0.209 e. The summed E-state index contributed by atoms with van der Waals surface area (Å²) in [6.07, 6.45) is 1.04. The van der Waals surface area contributed by atoms with E-state index in [1.54, 1.807) is 16.4 Å². The molecule has 0 atom stereocenters. The van der Waals surface area contributed by atoms with E-state index in [0.29, 0.717) is 6.61 Å². The van der Waals surface area contributed by atoms with Crippen LogP contribution in [0.5, 0.6) is 5.75 Å². The summed E-state index contributed by atoms with van der Waals surface area (Å²) in [6.45, 7) is 2.25. The summed E-state index contributed by atoms with van der Waals surface area (Å²) >= 11 is 11.2. The third kappa shape index (κ3) is 6.48. The van der Waals surface area contributed by atoms with E-state index in [1.807, 2.05) is 37.4 Å². The second-order valence-corrected chi connectivity index (χ2v) is 8.50. The Kier molecular flexibility index (Phi) is 8.14. The van der Waals surface area contributed by atoms with Gasteiger partial charge in [0.2, 0.25) is 5.16 Å². The van der Waals surface area contributed by atoms with Crippen molar-refractivity contribution in [3.63, 3.8) is 0 Å². The number of aryl methyl sites for hydroxylation is 1. The molecule has 0 aliphatic rings. The van der Waals surface area contributed by atoms with E-state index in [-0.39, 0.29) is 0 Å². The van der Waals surface area contributed by atoms with Gasteiger partial charge in [-0.3, -0.25) is 0 Å². The van der Waals surface area contributed by atoms with Gasteiger partial charge in [0.25, 0.3) is 0 Å². The van der Waals surface area contributed by atoms with E-state index >= 15 is 0 Å². The van der Waals surface area contributed by atoms with Crippen molar-refractivity contribution < 1.29 is 4.74 Å². The summed E-state index contributed by atoms with van der Waals surface area (Å²) in [4.78, 5) is 0. The molecular formula is C19H21BrClN5OS. The van der Waals surface area contributed by atoms with E-state index in [0.717, 1.165) is 51.2 Å². The molecule has 1 N–H and O–H groups in total. The van der Waals surface area contributed by atoms with Crippen LogP contribution < -0.4 is 10.1 Å². The zero-order valence-corrected chi connectivity index (χ0v) is 18.6. The topological polar surface area (TPSA) is 64.9 Å². The molecule has 0 radical (unpaired) electrons. The largest absolute Gasteiger partial charge is 0.488 e. The lowest BCUT2D eigenvalue weighted by atomic mass is 10.2. The van der Waals surface area contributed by atoms with Crippen LogP contribution in [-0.2, 0) is 20.2 Å². The van der Waals surface area contributed by atoms with Crippen LogP contribution >= 0.6 is 39.3 Å². The van der Waals surface area contributed by atoms with E-state index in [4.69, 9.17) is 16.3 Å². The first-order valence-electron chi connectivity index (χ1n) is 8.83. The Balaban J connectivity index is 1.37. The van der Waals surface area contributed by atoms with E-state index < -0.39 is 0 Å². The van der Waals surface area contributed by atoms with Crippen molar-refractivity contribution in [1.29, 1.82) is 0 Å². The first-order chi connectivity index (χ1) is 13.6. The fraction of sp³-hybridized carbons (Fsp3) is 0.316. The Morgan fingerprint density at radius 2 is 1.96 bits per heavy atom. The number of nitrogens with zero attached hydrogens (tertiary/aromatic N) is 4. The number of hydrogen-bond acceptors (Lipinski definition) is 6. The number of rotatable bonds is 10. The van der Waals surface area contributed by atoms with Gasteiger partial charge in [0, 0.05) is 24.4 Å². The van der Waals surface area contributed by atoms with Gasteiger partial charge in [-0.05, 0) is 74.7 Å². The predicted molar refractivity (Wildman–Crippen MR) is 116 cm³/mol. The molecule has 0 amide bonds. The predicted octanol–water partition coefficient (Wildman–Crippen LogP) is 4.48. The molecule has 0 saturated heterocycles. The maximum absolute atomic E-state index is 5.91. The Hall–Kier alpha value is -1.61. The quantitative estimate of drug-likeness (QED) is 0.340. The fourth-order valence-electron chi connectivity index (χ4n) is 2.45. The Bertz CT molecular complexity index is 890. The monoisotopic (exact) mass is 481 g/mol. The first-order valence-corrected chi connectivity index (χ1v) is 11.0. The third-order valence-corrected chi connectivity index (χ3v) is 5.91. The van der Waals surface area contributed by atoms with Crippen LogP contribution in [0.2, 0.25) is 5.02 Å². The van der Waals surface area contributed by atoms with Crippen molar-refractivity contribution in [2.24, 2.45) is 7.05 Å². The number of hydrogen-bond donors (Lipinski definition) is 1. The smallest absolute Gasteiger partial charge is 0.209 e. The molecule has 1 heterocycles. The molecule has 2 aromatic carbocycles. The van der Waals surface area contributed by atoms with Crippen LogP contribution in [0.25, 0.3) is 0 Å². The third-order valence-electron chi connectivity index (χ3n) is 3.94. The number of nitrogens with one attached hydrogen (secondary N) is 1. The lowest BCUT2D eigenvalue weighted by molar-refractivity contribution is 0.304. The molecule has 0 unspecified atom stereocenters. The number of benzene rings is 2. The van der Waals surface area contributed by atoms with Crippen LogP contribution in [0, 0.1) is 0 Å². The fourth-order valence-corrected chi connectivity index (χ4v) is 3.91. The highest BCUT2D eigenvalue weighted by molar-refractivity contribution is 9.10. The van der Waals surface area contributed by atoms with Gasteiger partial charge in [0.05, 0.1) is 4.47 Å². The van der Waals surface area contributed by atoms with Crippen molar-refractivity contribution in [1.82, 2.24) is 25.5 Å². The lowest BCUT2D eigenvalue weighted by Gasteiger charge is -2.11. The molecule has 9 heteroatoms. The normalized spacial score (nSPS) is 11.0. The molecule has 1 aromatic heterocycles. The highest BCUT2D eigenvalue weighted by atomic mass is 79.9. The van der Waals surface area contributed by atoms with Gasteiger partial charge >= 0.3 is 0 Å². The van der Waals surface area contributed by atoms with Crippen LogP contribution in [0.3, 0.4) is 0 Å². The van der Waals surface area contributed by atoms with Gasteiger partial charge in [-0.1, -0.05) is 41.6 Å². The first kappa shape index (κ1) is 21.1. The van der Waals surface area contributed by atoms with Gasteiger partial charge < -0.3 is 10.1 Å². The molecule has 28 heavy (non-hydrogen) atoms. The van der Waals surface area contributed by atoms with Crippen molar-refractivity contribution in [2.75, 3.05) is 12.3 Å². The van der Waals surface area contributed by atoms with Gasteiger partial charge in [-0.25, -0.2) is 4.68 Å². The minimum absolute atomic E-state index is 0.506. The lowest BCUT2D eigenvalue weighted by Crippen LogP contribution is -2.15. The molecule has 0 bridgehead atoms. The zero-order valence-electron chi connectivity index (χ0n) is 15.4. The Morgan fingerprint density at radius 1 is 1.18 bits per heavy atom. The number of tetrazole rings is 1. The van der Waals surface area contributed by atoms with Gasteiger partial charge in [-0.15, -0.1) is 5.10 Å². The van der Waals surface area contributed by atoms with Gasteiger partial charge in [0.1, 0.15) is 12.4 Å². The molecule has 0 aliphatic carbocycles. The van der Waals surface area contributed by atoms with Crippen LogP contribution in [0.15, 0.2) is 52.1 Å². The van der Waals surface area contributed by atoms with Crippen molar-refractivity contribution in [3.8, 4) is 5.75 Å². The molecule has 6 nitrogen and oxygen atoms in total. The van der Waals surface area contributed by atoms with Crippen LogP contribution in [0.4, 0.5) is 0 Å². The minimum atomic E-state index is 0.506.